The molecule has 0 aliphatic rings. The lowest BCUT2D eigenvalue weighted by Crippen LogP contribution is -2.48. The molecular formula is C34H36N6O3. The van der Waals surface area contributed by atoms with Crippen molar-refractivity contribution in [2.45, 2.75) is 59.2 Å². The summed E-state index contributed by atoms with van der Waals surface area (Å²) in [5.41, 5.74) is 5.16. The highest BCUT2D eigenvalue weighted by atomic mass is 16.5. The zero-order valence-corrected chi connectivity index (χ0v) is 24.7. The Hall–Kier alpha value is -4.92. The fraction of sp³-hybridized carbons (Fsp3) is 0.294. The van der Waals surface area contributed by atoms with Gasteiger partial charge in [0.1, 0.15) is 12.6 Å². The van der Waals surface area contributed by atoms with E-state index < -0.39 is 12.0 Å². The van der Waals surface area contributed by atoms with Crippen LogP contribution in [-0.2, 0) is 27.5 Å². The first kappa shape index (κ1) is 29.6. The van der Waals surface area contributed by atoms with Crippen LogP contribution in [0.4, 0.5) is 0 Å². The maximum Gasteiger partial charge on any atom is 0.329 e. The van der Waals surface area contributed by atoms with Gasteiger partial charge in [-0.1, -0.05) is 93.9 Å². The van der Waals surface area contributed by atoms with Gasteiger partial charge in [0.15, 0.2) is 0 Å². The number of ether oxygens (including phenoxy) is 1. The number of carbonyl (C=O) groups is 2. The predicted molar refractivity (Wildman–Crippen MR) is 165 cm³/mol. The number of nitrogens with one attached hydrogen (secondary N) is 1. The highest BCUT2D eigenvalue weighted by Crippen LogP contribution is 2.30. The van der Waals surface area contributed by atoms with Crippen LogP contribution in [0.25, 0.3) is 33.5 Å². The van der Waals surface area contributed by atoms with Crippen molar-refractivity contribution in [3.63, 3.8) is 0 Å². The minimum absolute atomic E-state index is 0.0520. The number of carbonyl (C=O) groups excluding carboxylic acids is 2. The Morgan fingerprint density at radius 2 is 1.67 bits per heavy atom. The smallest absolute Gasteiger partial charge is 0.329 e. The number of aromatic amines is 1. The quantitative estimate of drug-likeness (QED) is 0.172. The number of nitrogens with zero attached hydrogens (tertiary/aromatic N) is 5. The molecule has 0 aliphatic heterocycles. The van der Waals surface area contributed by atoms with E-state index in [-0.39, 0.29) is 18.4 Å². The number of esters is 1. The van der Waals surface area contributed by atoms with E-state index in [1.54, 1.807) is 4.90 Å². The number of amides is 1. The first-order valence-electron chi connectivity index (χ1n) is 14.7. The van der Waals surface area contributed by atoms with Crippen LogP contribution in [0.1, 0.15) is 51.2 Å². The van der Waals surface area contributed by atoms with Crippen molar-refractivity contribution in [1.82, 2.24) is 30.5 Å². The van der Waals surface area contributed by atoms with Gasteiger partial charge in [0.05, 0.1) is 11.2 Å². The third kappa shape index (κ3) is 7.12. The van der Waals surface area contributed by atoms with Crippen LogP contribution in [-0.4, -0.2) is 48.4 Å². The monoisotopic (exact) mass is 576 g/mol. The number of unbranched alkanes of at least 4 members (excludes halogenated alkanes) is 1. The van der Waals surface area contributed by atoms with E-state index in [0.717, 1.165) is 51.7 Å². The SMILES string of the molecule is CCCCC(=O)N(Cc1ccc2nc(-c3ccccc3-c3nn[nH]n3)ccc2c1)[C@H](C(=O)OCc1ccccc1)C(C)C. The first-order chi connectivity index (χ1) is 20.9. The summed E-state index contributed by atoms with van der Waals surface area (Å²) in [4.78, 5) is 33.5. The lowest BCUT2D eigenvalue weighted by molar-refractivity contribution is -0.159. The van der Waals surface area contributed by atoms with Gasteiger partial charge in [-0.15, -0.1) is 10.2 Å². The van der Waals surface area contributed by atoms with Crippen molar-refractivity contribution in [2.24, 2.45) is 5.92 Å². The molecule has 0 saturated carbocycles. The van der Waals surface area contributed by atoms with Crippen LogP contribution in [0.15, 0.2) is 84.9 Å². The molecule has 0 aliphatic carbocycles. The predicted octanol–water partition coefficient (Wildman–Crippen LogP) is 6.37. The van der Waals surface area contributed by atoms with Crippen LogP contribution < -0.4 is 0 Å². The summed E-state index contributed by atoms with van der Waals surface area (Å²) in [6, 6.07) is 26.6. The van der Waals surface area contributed by atoms with Gasteiger partial charge in [-0.05, 0) is 46.9 Å². The minimum atomic E-state index is -0.703. The standard InChI is InChI=1S/C34H36N6O3/c1-4-5-15-31(41)40(32(23(2)3)34(42)43-22-24-11-7-6-8-12-24)21-25-16-18-29-26(20-25)17-19-30(35-29)27-13-9-10-14-28(27)33-36-38-39-37-33/h6-14,16-20,23,32H,4-5,15,21-22H2,1-3H3,(H,36,37,38,39)/t32-/m0/s1. The fourth-order valence-corrected chi connectivity index (χ4v) is 5.18. The number of benzene rings is 3. The summed E-state index contributed by atoms with van der Waals surface area (Å²) in [7, 11) is 0. The molecule has 2 aromatic heterocycles. The zero-order valence-electron chi connectivity index (χ0n) is 24.7. The molecule has 0 bridgehead atoms. The maximum atomic E-state index is 13.5. The first-order valence-corrected chi connectivity index (χ1v) is 14.7. The lowest BCUT2D eigenvalue weighted by Gasteiger charge is -2.33. The van der Waals surface area contributed by atoms with Crippen LogP contribution in [0.2, 0.25) is 0 Å². The molecular weight excluding hydrogens is 540 g/mol. The summed E-state index contributed by atoms with van der Waals surface area (Å²) >= 11 is 0. The topological polar surface area (TPSA) is 114 Å². The van der Waals surface area contributed by atoms with E-state index in [1.165, 1.54) is 0 Å². The normalized spacial score (nSPS) is 11.9. The summed E-state index contributed by atoms with van der Waals surface area (Å²) < 4.78 is 5.73. The number of hydrogen-bond acceptors (Lipinski definition) is 7. The highest BCUT2D eigenvalue weighted by Gasteiger charge is 2.33. The van der Waals surface area contributed by atoms with Crippen molar-refractivity contribution >= 4 is 22.8 Å². The Bertz CT molecular complexity index is 1670. The minimum Gasteiger partial charge on any atom is -0.459 e. The van der Waals surface area contributed by atoms with Crippen LogP contribution in [0.5, 0.6) is 0 Å². The molecule has 3 aromatic carbocycles. The molecule has 2 heterocycles. The second-order valence-corrected chi connectivity index (χ2v) is 10.9. The van der Waals surface area contributed by atoms with Crippen molar-refractivity contribution in [3.05, 3.63) is 96.1 Å². The number of rotatable bonds is 12. The van der Waals surface area contributed by atoms with Gasteiger partial charge in [-0.25, -0.2) is 9.78 Å². The van der Waals surface area contributed by atoms with E-state index in [1.807, 2.05) is 98.8 Å². The van der Waals surface area contributed by atoms with Gasteiger partial charge >= 0.3 is 5.97 Å². The van der Waals surface area contributed by atoms with Gasteiger partial charge in [0, 0.05) is 29.5 Å². The van der Waals surface area contributed by atoms with Crippen molar-refractivity contribution in [1.29, 1.82) is 0 Å². The summed E-state index contributed by atoms with van der Waals surface area (Å²) in [5.74, 6) is -0.0691. The molecule has 0 fully saturated rings. The third-order valence-corrected chi connectivity index (χ3v) is 7.39. The second kappa shape index (κ2) is 13.8. The lowest BCUT2D eigenvalue weighted by atomic mass is 9.99. The van der Waals surface area contributed by atoms with Crippen molar-refractivity contribution in [2.75, 3.05) is 0 Å². The largest absolute Gasteiger partial charge is 0.459 e. The van der Waals surface area contributed by atoms with E-state index in [4.69, 9.17) is 9.72 Å². The Kier molecular flexibility index (Phi) is 9.51. The molecule has 0 spiro atoms. The molecule has 5 rings (SSSR count). The van der Waals surface area contributed by atoms with E-state index in [0.29, 0.717) is 18.8 Å². The second-order valence-electron chi connectivity index (χ2n) is 10.9. The van der Waals surface area contributed by atoms with Gasteiger partial charge < -0.3 is 9.64 Å². The Morgan fingerprint density at radius 3 is 2.40 bits per heavy atom. The Balaban J connectivity index is 1.41. The number of pyridine rings is 1. The number of fused-ring (bicyclic) bond motifs is 1. The van der Waals surface area contributed by atoms with Crippen LogP contribution in [0, 0.1) is 5.92 Å². The van der Waals surface area contributed by atoms with Crippen molar-refractivity contribution < 1.29 is 14.3 Å². The zero-order chi connectivity index (χ0) is 30.2. The van der Waals surface area contributed by atoms with Crippen molar-refractivity contribution in [3.8, 4) is 22.6 Å². The molecule has 0 unspecified atom stereocenters. The van der Waals surface area contributed by atoms with Gasteiger partial charge in [-0.2, -0.15) is 5.21 Å². The third-order valence-electron chi connectivity index (χ3n) is 7.39. The molecule has 9 nitrogen and oxygen atoms in total. The molecule has 0 radical (unpaired) electrons. The Labute approximate surface area is 251 Å². The van der Waals surface area contributed by atoms with Gasteiger partial charge in [0.25, 0.3) is 0 Å². The fourth-order valence-electron chi connectivity index (χ4n) is 5.18. The molecule has 5 aromatic rings. The number of H-pyrrole nitrogens is 1. The van der Waals surface area contributed by atoms with Crippen LogP contribution >= 0.6 is 0 Å². The molecule has 1 atom stereocenters. The average molecular weight is 577 g/mol. The van der Waals surface area contributed by atoms with Gasteiger partial charge in [-0.3, -0.25) is 4.79 Å². The maximum absolute atomic E-state index is 13.5. The molecule has 220 valence electrons. The van der Waals surface area contributed by atoms with E-state index >= 15 is 0 Å². The molecule has 1 N–H and O–H groups in total. The molecule has 0 saturated heterocycles. The van der Waals surface area contributed by atoms with Crippen LogP contribution in [0.3, 0.4) is 0 Å². The number of tetrazole rings is 1. The average Bonchev–Trinajstić information content (AvgIpc) is 3.57. The highest BCUT2D eigenvalue weighted by molar-refractivity contribution is 5.87. The Morgan fingerprint density at radius 1 is 0.907 bits per heavy atom. The van der Waals surface area contributed by atoms with E-state index in [9.17, 15) is 9.59 Å². The summed E-state index contributed by atoms with van der Waals surface area (Å²) in [6.07, 6.45) is 2.03. The van der Waals surface area contributed by atoms with Gasteiger partial charge in [0.2, 0.25) is 11.7 Å². The molecule has 43 heavy (non-hydrogen) atoms. The molecule has 9 heteroatoms. The summed E-state index contributed by atoms with van der Waals surface area (Å²) in [6.45, 7) is 6.42. The number of aromatic nitrogens is 5. The number of hydrogen-bond donors (Lipinski definition) is 1. The van der Waals surface area contributed by atoms with E-state index in [2.05, 4.69) is 27.5 Å². The molecule has 1 amide bonds. The summed E-state index contributed by atoms with van der Waals surface area (Å²) in [5, 5.41) is 15.4.